The molecule has 0 radical (unpaired) electrons. The quantitative estimate of drug-likeness (QED) is 0.822. The van der Waals surface area contributed by atoms with Crippen LogP contribution in [0.25, 0.3) is 0 Å². The maximum atomic E-state index is 5.92. The third-order valence-corrected chi connectivity index (χ3v) is 3.96. The number of hydrogen-bond donors (Lipinski definition) is 1. The van der Waals surface area contributed by atoms with Gasteiger partial charge in [-0.3, -0.25) is 0 Å². The SMILES string of the molecule is COc1cc(CN[C@@H](C)c2ccc(Cl)cc2)cc(OC)c1OC. The van der Waals surface area contributed by atoms with Crippen LogP contribution >= 0.6 is 11.6 Å². The Balaban J connectivity index is 2.12. The minimum absolute atomic E-state index is 0.200. The summed E-state index contributed by atoms with van der Waals surface area (Å²) >= 11 is 5.92. The Morgan fingerprint density at radius 3 is 2.00 bits per heavy atom. The van der Waals surface area contributed by atoms with Crippen molar-refractivity contribution in [2.24, 2.45) is 0 Å². The molecule has 5 heteroatoms. The zero-order chi connectivity index (χ0) is 16.8. The third-order valence-electron chi connectivity index (χ3n) is 3.71. The van der Waals surface area contributed by atoms with Crippen LogP contribution in [0.1, 0.15) is 24.1 Å². The van der Waals surface area contributed by atoms with Gasteiger partial charge in [0, 0.05) is 17.6 Å². The lowest BCUT2D eigenvalue weighted by Crippen LogP contribution is -2.18. The first-order valence-corrected chi connectivity index (χ1v) is 7.74. The van der Waals surface area contributed by atoms with Gasteiger partial charge in [-0.15, -0.1) is 0 Å². The van der Waals surface area contributed by atoms with E-state index in [1.165, 1.54) is 5.56 Å². The molecule has 1 atom stereocenters. The van der Waals surface area contributed by atoms with Gasteiger partial charge in [-0.25, -0.2) is 0 Å². The van der Waals surface area contributed by atoms with Crippen LogP contribution in [0.15, 0.2) is 36.4 Å². The van der Waals surface area contributed by atoms with Crippen molar-refractivity contribution in [3.63, 3.8) is 0 Å². The molecule has 0 aromatic heterocycles. The van der Waals surface area contributed by atoms with E-state index in [4.69, 9.17) is 25.8 Å². The Kier molecular flexibility index (Phi) is 6.13. The van der Waals surface area contributed by atoms with Gasteiger partial charge in [0.15, 0.2) is 11.5 Å². The second-order valence-corrected chi connectivity index (χ2v) is 5.62. The van der Waals surface area contributed by atoms with E-state index in [1.807, 2.05) is 36.4 Å². The van der Waals surface area contributed by atoms with Crippen LogP contribution in [0.4, 0.5) is 0 Å². The summed E-state index contributed by atoms with van der Waals surface area (Å²) in [5.74, 6) is 1.91. The molecule has 23 heavy (non-hydrogen) atoms. The van der Waals surface area contributed by atoms with E-state index >= 15 is 0 Å². The zero-order valence-corrected chi connectivity index (χ0v) is 14.6. The molecule has 2 aromatic rings. The molecule has 0 amide bonds. The van der Waals surface area contributed by atoms with E-state index in [0.29, 0.717) is 23.8 Å². The van der Waals surface area contributed by atoms with E-state index in [0.717, 1.165) is 10.6 Å². The predicted octanol–water partition coefficient (Wildman–Crippen LogP) is 4.22. The first kappa shape index (κ1) is 17.4. The molecule has 0 heterocycles. The Bertz CT molecular complexity index is 618. The Morgan fingerprint density at radius 1 is 0.957 bits per heavy atom. The van der Waals surface area contributed by atoms with Crippen molar-refractivity contribution in [2.45, 2.75) is 19.5 Å². The molecule has 0 aliphatic carbocycles. The molecule has 4 nitrogen and oxygen atoms in total. The molecule has 1 N–H and O–H groups in total. The van der Waals surface area contributed by atoms with Crippen molar-refractivity contribution in [2.75, 3.05) is 21.3 Å². The van der Waals surface area contributed by atoms with Gasteiger partial charge < -0.3 is 19.5 Å². The molecule has 0 aliphatic rings. The van der Waals surface area contributed by atoms with Gasteiger partial charge in [-0.1, -0.05) is 23.7 Å². The summed E-state index contributed by atoms with van der Waals surface area (Å²) in [7, 11) is 4.83. The molecule has 0 saturated carbocycles. The standard InChI is InChI=1S/C18H22ClNO3/c1-12(14-5-7-15(19)8-6-14)20-11-13-9-16(21-2)18(23-4)17(10-13)22-3/h5-10,12,20H,11H2,1-4H3/t12-/m0/s1. The monoisotopic (exact) mass is 335 g/mol. The molecular formula is C18H22ClNO3. The number of benzene rings is 2. The molecule has 0 unspecified atom stereocenters. The van der Waals surface area contributed by atoms with E-state index < -0.39 is 0 Å². The summed E-state index contributed by atoms with van der Waals surface area (Å²) in [4.78, 5) is 0. The summed E-state index contributed by atoms with van der Waals surface area (Å²) in [5.41, 5.74) is 2.24. The summed E-state index contributed by atoms with van der Waals surface area (Å²) in [5, 5.41) is 4.22. The lowest BCUT2D eigenvalue weighted by molar-refractivity contribution is 0.323. The van der Waals surface area contributed by atoms with E-state index in [-0.39, 0.29) is 6.04 Å². The minimum atomic E-state index is 0.200. The van der Waals surface area contributed by atoms with Gasteiger partial charge in [-0.2, -0.15) is 0 Å². The molecule has 0 spiro atoms. The van der Waals surface area contributed by atoms with E-state index in [2.05, 4.69) is 12.2 Å². The number of hydrogen-bond acceptors (Lipinski definition) is 4. The fraction of sp³-hybridized carbons (Fsp3) is 0.333. The molecular weight excluding hydrogens is 314 g/mol. The first-order valence-electron chi connectivity index (χ1n) is 7.36. The largest absolute Gasteiger partial charge is 0.493 e. The van der Waals surface area contributed by atoms with E-state index in [1.54, 1.807) is 21.3 Å². The molecule has 124 valence electrons. The summed E-state index contributed by atoms with van der Waals surface area (Å²) < 4.78 is 16.1. The maximum absolute atomic E-state index is 5.92. The minimum Gasteiger partial charge on any atom is -0.493 e. The highest BCUT2D eigenvalue weighted by atomic mass is 35.5. The topological polar surface area (TPSA) is 39.7 Å². The van der Waals surface area contributed by atoms with Gasteiger partial charge in [0.05, 0.1) is 21.3 Å². The summed E-state index contributed by atoms with van der Waals surface area (Å²) in [6, 6.07) is 11.9. The van der Waals surface area contributed by atoms with Crippen molar-refractivity contribution >= 4 is 11.6 Å². The Morgan fingerprint density at radius 2 is 1.52 bits per heavy atom. The van der Waals surface area contributed by atoms with Crippen molar-refractivity contribution in [1.29, 1.82) is 0 Å². The average molecular weight is 336 g/mol. The average Bonchev–Trinajstić information content (AvgIpc) is 2.59. The summed E-state index contributed by atoms with van der Waals surface area (Å²) in [6.45, 7) is 2.79. The number of nitrogens with one attached hydrogen (secondary N) is 1. The van der Waals surface area contributed by atoms with E-state index in [9.17, 15) is 0 Å². The highest BCUT2D eigenvalue weighted by Gasteiger charge is 2.13. The van der Waals surface area contributed by atoms with Gasteiger partial charge in [0.2, 0.25) is 5.75 Å². The number of methoxy groups -OCH3 is 3. The fourth-order valence-corrected chi connectivity index (χ4v) is 2.50. The Hall–Kier alpha value is -1.91. The van der Waals surface area contributed by atoms with Crippen molar-refractivity contribution in [3.8, 4) is 17.2 Å². The van der Waals surface area contributed by atoms with Gasteiger partial charge in [0.25, 0.3) is 0 Å². The second kappa shape index (κ2) is 8.09. The molecule has 0 fully saturated rings. The van der Waals surface area contributed by atoms with Gasteiger partial charge in [-0.05, 0) is 42.3 Å². The first-order chi connectivity index (χ1) is 11.1. The lowest BCUT2D eigenvalue weighted by Gasteiger charge is -2.17. The van der Waals surface area contributed by atoms with Crippen LogP contribution < -0.4 is 19.5 Å². The normalized spacial score (nSPS) is 11.9. The number of ether oxygens (including phenoxy) is 3. The highest BCUT2D eigenvalue weighted by molar-refractivity contribution is 6.30. The molecule has 0 saturated heterocycles. The van der Waals surface area contributed by atoms with Crippen LogP contribution in [0.5, 0.6) is 17.2 Å². The van der Waals surface area contributed by atoms with Crippen molar-refractivity contribution < 1.29 is 14.2 Å². The van der Waals surface area contributed by atoms with Crippen LogP contribution in [0.3, 0.4) is 0 Å². The highest BCUT2D eigenvalue weighted by Crippen LogP contribution is 2.38. The number of rotatable bonds is 7. The van der Waals surface area contributed by atoms with Crippen LogP contribution in [-0.2, 0) is 6.54 Å². The van der Waals surface area contributed by atoms with Gasteiger partial charge >= 0.3 is 0 Å². The Labute approximate surface area is 142 Å². The van der Waals surface area contributed by atoms with Crippen LogP contribution in [0, 0.1) is 0 Å². The fourth-order valence-electron chi connectivity index (χ4n) is 2.38. The third kappa shape index (κ3) is 4.30. The predicted molar refractivity (Wildman–Crippen MR) is 92.8 cm³/mol. The number of halogens is 1. The maximum Gasteiger partial charge on any atom is 0.203 e. The smallest absolute Gasteiger partial charge is 0.203 e. The lowest BCUT2D eigenvalue weighted by atomic mass is 10.1. The zero-order valence-electron chi connectivity index (χ0n) is 13.9. The van der Waals surface area contributed by atoms with Crippen molar-refractivity contribution in [1.82, 2.24) is 5.32 Å². The molecule has 0 aliphatic heterocycles. The van der Waals surface area contributed by atoms with Gasteiger partial charge in [0.1, 0.15) is 0 Å². The second-order valence-electron chi connectivity index (χ2n) is 5.19. The van der Waals surface area contributed by atoms with Crippen LogP contribution in [-0.4, -0.2) is 21.3 Å². The summed E-state index contributed by atoms with van der Waals surface area (Å²) in [6.07, 6.45) is 0. The molecule has 2 aromatic carbocycles. The van der Waals surface area contributed by atoms with Crippen LogP contribution in [0.2, 0.25) is 5.02 Å². The molecule has 2 rings (SSSR count). The molecule has 0 bridgehead atoms. The van der Waals surface area contributed by atoms with Crippen molar-refractivity contribution in [3.05, 3.63) is 52.5 Å².